The summed E-state index contributed by atoms with van der Waals surface area (Å²) < 4.78 is 0.948. The molecular formula is C36H55BrN2O2. The molecule has 5 heteroatoms. The molecule has 1 aliphatic rings. The zero-order valence-electron chi connectivity index (χ0n) is 27.2. The maximum atomic E-state index is 13.8. The van der Waals surface area contributed by atoms with Crippen molar-refractivity contribution >= 4 is 33.8 Å². The van der Waals surface area contributed by atoms with Crippen LogP contribution in [0.15, 0.2) is 75.8 Å². The fourth-order valence-electron chi connectivity index (χ4n) is 4.68. The maximum absolute atomic E-state index is 13.8. The molecule has 41 heavy (non-hydrogen) atoms. The predicted molar refractivity (Wildman–Crippen MR) is 183 cm³/mol. The second kappa shape index (κ2) is 21.2. The summed E-state index contributed by atoms with van der Waals surface area (Å²) in [7, 11) is 1.81. The molecule has 0 radical (unpaired) electrons. The summed E-state index contributed by atoms with van der Waals surface area (Å²) >= 11 is 3.68. The number of nitrogens with zero attached hydrogens (tertiary/aromatic N) is 2. The first-order chi connectivity index (χ1) is 19.6. The van der Waals surface area contributed by atoms with Gasteiger partial charge in [0.25, 0.3) is 5.91 Å². The largest absolute Gasteiger partial charge is 0.331 e. The molecule has 0 saturated heterocycles. The van der Waals surface area contributed by atoms with Crippen molar-refractivity contribution in [3.05, 3.63) is 81.9 Å². The molecule has 1 aliphatic heterocycles. The van der Waals surface area contributed by atoms with Crippen molar-refractivity contribution in [2.24, 2.45) is 16.8 Å². The van der Waals surface area contributed by atoms with Gasteiger partial charge in [-0.25, -0.2) is 0 Å². The molecule has 4 nitrogen and oxygen atoms in total. The Morgan fingerprint density at radius 2 is 1.83 bits per heavy atom. The number of halogens is 1. The summed E-state index contributed by atoms with van der Waals surface area (Å²) in [6.07, 6.45) is 12.3. The lowest BCUT2D eigenvalue weighted by Crippen LogP contribution is -2.45. The molecule has 0 N–H and O–H groups in total. The first-order valence-corrected chi connectivity index (χ1v) is 16.1. The van der Waals surface area contributed by atoms with Crippen LogP contribution in [0, 0.1) is 11.8 Å². The van der Waals surface area contributed by atoms with E-state index < -0.39 is 0 Å². The number of aldehydes is 1. The number of hydrogen-bond donors (Lipinski definition) is 0. The van der Waals surface area contributed by atoms with Crippen LogP contribution in [0.25, 0.3) is 0 Å². The lowest BCUT2D eigenvalue weighted by molar-refractivity contribution is -0.104. The van der Waals surface area contributed by atoms with E-state index in [1.807, 2.05) is 32.0 Å². The van der Waals surface area contributed by atoms with Crippen LogP contribution in [0.4, 0.5) is 0 Å². The van der Waals surface area contributed by atoms with Crippen molar-refractivity contribution in [3.63, 3.8) is 0 Å². The quantitative estimate of drug-likeness (QED) is 0.132. The van der Waals surface area contributed by atoms with Gasteiger partial charge in [-0.1, -0.05) is 102 Å². The van der Waals surface area contributed by atoms with Gasteiger partial charge in [-0.05, 0) is 85.9 Å². The van der Waals surface area contributed by atoms with Crippen LogP contribution in [0.3, 0.4) is 0 Å². The van der Waals surface area contributed by atoms with Gasteiger partial charge in [0.15, 0.2) is 0 Å². The molecule has 0 saturated carbocycles. The zero-order valence-corrected chi connectivity index (χ0v) is 28.8. The van der Waals surface area contributed by atoms with E-state index in [0.717, 1.165) is 54.4 Å². The summed E-state index contributed by atoms with van der Waals surface area (Å²) in [6.45, 7) is 25.7. The molecule has 1 aromatic rings. The molecule has 1 amide bonds. The minimum atomic E-state index is 0.0809. The topological polar surface area (TPSA) is 49.7 Å². The molecule has 1 heterocycles. The molecule has 0 fully saturated rings. The van der Waals surface area contributed by atoms with Gasteiger partial charge in [0, 0.05) is 29.2 Å². The number of carbonyl (C=O) groups excluding carboxylic acids is 2. The summed E-state index contributed by atoms with van der Waals surface area (Å²) in [5.41, 5.74) is 6.45. The lowest BCUT2D eigenvalue weighted by Gasteiger charge is -2.39. The van der Waals surface area contributed by atoms with Gasteiger partial charge in [-0.3, -0.25) is 14.6 Å². The van der Waals surface area contributed by atoms with Crippen molar-refractivity contribution < 1.29 is 9.59 Å². The highest BCUT2D eigenvalue weighted by Gasteiger charge is 2.32. The summed E-state index contributed by atoms with van der Waals surface area (Å²) in [6, 6.07) is 5.97. The van der Waals surface area contributed by atoms with E-state index in [-0.39, 0.29) is 11.9 Å². The Morgan fingerprint density at radius 3 is 2.34 bits per heavy atom. The Bertz CT molecular complexity index is 1080. The van der Waals surface area contributed by atoms with Crippen molar-refractivity contribution in [1.29, 1.82) is 0 Å². The van der Waals surface area contributed by atoms with Gasteiger partial charge >= 0.3 is 0 Å². The number of allylic oxidation sites excluding steroid dienone is 3. The standard InChI is InChI=1S/C31H45BrN2O.C3H4O.C2H6/c1-9-21(4)12-14-23(6)30-24(7)18-19-34(29(30)11-3)31(35)25-15-16-27(32)26(20-25)28(33-8)17-13-22(5)10-2;1-2-3-4;1-2/h13,15-17,20-22,29H,6,9-12,14,18-19H2,1-5,7-8H3;2-3H,1H2;1-2H3/b17-13-,33-28?;;. The second-order valence-corrected chi connectivity index (χ2v) is 11.3. The molecule has 0 aromatic heterocycles. The van der Waals surface area contributed by atoms with E-state index in [1.54, 1.807) is 7.05 Å². The minimum Gasteiger partial charge on any atom is -0.331 e. The summed E-state index contributed by atoms with van der Waals surface area (Å²) in [4.78, 5) is 29.5. The Balaban J connectivity index is 0.00000244. The van der Waals surface area contributed by atoms with E-state index >= 15 is 0 Å². The highest BCUT2D eigenvalue weighted by atomic mass is 79.9. The van der Waals surface area contributed by atoms with Crippen LogP contribution >= 0.6 is 15.9 Å². The zero-order chi connectivity index (χ0) is 31.5. The van der Waals surface area contributed by atoms with Crippen LogP contribution in [0.1, 0.15) is 110 Å². The molecular weight excluding hydrogens is 572 g/mol. The van der Waals surface area contributed by atoms with Crippen LogP contribution in [0.2, 0.25) is 0 Å². The monoisotopic (exact) mass is 626 g/mol. The lowest BCUT2D eigenvalue weighted by atomic mass is 9.84. The Morgan fingerprint density at radius 1 is 1.20 bits per heavy atom. The first-order valence-electron chi connectivity index (χ1n) is 15.3. The fraction of sp³-hybridized carbons (Fsp3) is 0.528. The third-order valence-corrected chi connectivity index (χ3v) is 8.31. The number of carbonyl (C=O) groups is 2. The van der Waals surface area contributed by atoms with Crippen molar-refractivity contribution in [2.45, 2.75) is 100.0 Å². The summed E-state index contributed by atoms with van der Waals surface area (Å²) in [5.74, 6) is 1.27. The number of benzene rings is 1. The fourth-order valence-corrected chi connectivity index (χ4v) is 5.13. The number of hydrogen-bond acceptors (Lipinski definition) is 3. The maximum Gasteiger partial charge on any atom is 0.254 e. The predicted octanol–water partition coefficient (Wildman–Crippen LogP) is 10.2. The van der Waals surface area contributed by atoms with Gasteiger partial charge in [0.05, 0.1) is 11.8 Å². The van der Waals surface area contributed by atoms with Gasteiger partial charge < -0.3 is 4.90 Å². The highest BCUT2D eigenvalue weighted by molar-refractivity contribution is 9.10. The van der Waals surface area contributed by atoms with Crippen molar-refractivity contribution in [1.82, 2.24) is 4.90 Å². The smallest absolute Gasteiger partial charge is 0.254 e. The number of rotatable bonds is 12. The van der Waals surface area contributed by atoms with Gasteiger partial charge in [0.2, 0.25) is 0 Å². The van der Waals surface area contributed by atoms with Crippen LogP contribution in [-0.2, 0) is 4.79 Å². The third-order valence-electron chi connectivity index (χ3n) is 7.61. The Hall–Kier alpha value is -2.53. The first kappa shape index (κ1) is 38.5. The van der Waals surface area contributed by atoms with E-state index in [1.165, 1.54) is 29.2 Å². The molecule has 3 unspecified atom stereocenters. The highest BCUT2D eigenvalue weighted by Crippen LogP contribution is 2.34. The molecule has 0 aliphatic carbocycles. The van der Waals surface area contributed by atoms with Gasteiger partial charge in [-0.15, -0.1) is 0 Å². The number of amides is 1. The van der Waals surface area contributed by atoms with Crippen LogP contribution in [0.5, 0.6) is 0 Å². The van der Waals surface area contributed by atoms with E-state index in [4.69, 9.17) is 4.79 Å². The molecule has 1 aromatic carbocycles. The molecule has 228 valence electrons. The third kappa shape index (κ3) is 12.1. The van der Waals surface area contributed by atoms with Crippen LogP contribution in [-0.4, -0.2) is 42.4 Å². The van der Waals surface area contributed by atoms with Crippen molar-refractivity contribution in [3.8, 4) is 0 Å². The van der Waals surface area contributed by atoms with Gasteiger partial charge in [0.1, 0.15) is 6.29 Å². The Kier molecular flexibility index (Phi) is 19.9. The van der Waals surface area contributed by atoms with Gasteiger partial charge in [-0.2, -0.15) is 0 Å². The van der Waals surface area contributed by atoms with E-state index in [9.17, 15) is 4.79 Å². The van der Waals surface area contributed by atoms with E-state index in [0.29, 0.717) is 23.7 Å². The molecule has 3 atom stereocenters. The second-order valence-electron chi connectivity index (χ2n) is 10.4. The molecule has 0 bridgehead atoms. The average molecular weight is 628 g/mol. The van der Waals surface area contributed by atoms with Crippen molar-refractivity contribution in [2.75, 3.05) is 13.6 Å². The van der Waals surface area contributed by atoms with Crippen LogP contribution < -0.4 is 0 Å². The number of aliphatic imine (C=N–C) groups is 1. The van der Waals surface area contributed by atoms with E-state index in [2.05, 4.69) is 92.7 Å². The molecule has 2 rings (SSSR count). The summed E-state index contributed by atoms with van der Waals surface area (Å²) in [5, 5.41) is 0. The SMILES string of the molecule is C=C(CCC(C)CC)C1=C(C)CCN(C(=O)c2ccc(Br)c(C(/C=C\C(C)CC)=NC)c2)C1CC.C=CC=O.CC. The average Bonchev–Trinajstić information content (AvgIpc) is 3.00. The normalized spacial score (nSPS) is 16.7. The minimum absolute atomic E-state index is 0.0809. The molecule has 0 spiro atoms. The Labute approximate surface area is 259 Å².